The Morgan fingerprint density at radius 3 is 2.36 bits per heavy atom. The Bertz CT molecular complexity index is 828. The summed E-state index contributed by atoms with van der Waals surface area (Å²) in [7, 11) is 0. The molecule has 0 radical (unpaired) electrons. The van der Waals surface area contributed by atoms with Crippen LogP contribution >= 0.6 is 0 Å². The Labute approximate surface area is 168 Å². The molecule has 6 rings (SSSR count). The number of anilines is 1. The summed E-state index contributed by atoms with van der Waals surface area (Å²) in [5, 5.41) is 7.63. The molecule has 3 heterocycles. The third-order valence-electron chi connectivity index (χ3n) is 6.91. The average molecular weight is 374 g/mol. The molecule has 3 saturated heterocycles. The van der Waals surface area contributed by atoms with E-state index in [-0.39, 0.29) is 0 Å². The Kier molecular flexibility index (Phi) is 5.09. The van der Waals surface area contributed by atoms with Gasteiger partial charge in [-0.05, 0) is 74.2 Å². The number of hydrogen-bond acceptors (Lipinski definition) is 3. The van der Waals surface area contributed by atoms with Gasteiger partial charge in [0.25, 0.3) is 0 Å². The molecule has 3 heteroatoms. The van der Waals surface area contributed by atoms with Crippen LogP contribution in [0.2, 0.25) is 0 Å². The van der Waals surface area contributed by atoms with E-state index in [1.54, 1.807) is 5.57 Å². The predicted octanol–water partition coefficient (Wildman–Crippen LogP) is 5.09. The molecule has 0 amide bonds. The molecule has 2 N–H and O–H groups in total. The molecule has 2 bridgehead atoms. The molecular weight excluding hydrogens is 342 g/mol. The minimum Gasteiger partial charge on any atom is -0.371 e. The quantitative estimate of drug-likeness (QED) is 0.738. The summed E-state index contributed by atoms with van der Waals surface area (Å²) in [6.07, 6.45) is 6.56. The summed E-state index contributed by atoms with van der Waals surface area (Å²) in [6, 6.07) is 19.4. The molecule has 4 fully saturated rings. The summed E-state index contributed by atoms with van der Waals surface area (Å²) >= 11 is 0. The van der Waals surface area contributed by atoms with Crippen LogP contribution < -0.4 is 10.6 Å². The lowest BCUT2D eigenvalue weighted by atomic mass is 9.79. The van der Waals surface area contributed by atoms with Crippen LogP contribution in [-0.2, 0) is 0 Å². The second-order valence-electron chi connectivity index (χ2n) is 8.65. The van der Waals surface area contributed by atoms with Crippen molar-refractivity contribution in [1.29, 1.82) is 0 Å². The Balaban J connectivity index is 1.33. The van der Waals surface area contributed by atoms with Crippen molar-refractivity contribution in [1.82, 2.24) is 10.2 Å². The number of benzene rings is 2. The fraction of sp³-hybridized carbons (Fsp3) is 0.440. The van der Waals surface area contributed by atoms with E-state index in [1.165, 1.54) is 74.4 Å². The third-order valence-corrected chi connectivity index (χ3v) is 6.91. The van der Waals surface area contributed by atoms with Crippen molar-refractivity contribution in [2.24, 2.45) is 11.8 Å². The highest BCUT2D eigenvalue weighted by Gasteiger charge is 2.34. The molecule has 3 nitrogen and oxygen atoms in total. The molecule has 4 aliphatic rings. The molecule has 1 saturated carbocycles. The van der Waals surface area contributed by atoms with Gasteiger partial charge >= 0.3 is 0 Å². The van der Waals surface area contributed by atoms with Gasteiger partial charge in [0, 0.05) is 24.3 Å². The first-order chi connectivity index (χ1) is 13.9. The highest BCUT2D eigenvalue weighted by Crippen LogP contribution is 2.34. The van der Waals surface area contributed by atoms with Gasteiger partial charge in [-0.2, -0.15) is 0 Å². The first kappa shape index (κ1) is 17.8. The molecule has 0 spiro atoms. The number of rotatable bonds is 6. The Morgan fingerprint density at radius 2 is 1.68 bits per heavy atom. The number of para-hydroxylation sites is 1. The number of allylic oxidation sites excluding steroid dienone is 1. The van der Waals surface area contributed by atoms with Gasteiger partial charge in [-0.25, -0.2) is 0 Å². The van der Waals surface area contributed by atoms with Crippen LogP contribution in [0.3, 0.4) is 0 Å². The van der Waals surface area contributed by atoms with Crippen molar-refractivity contribution in [3.05, 3.63) is 66.0 Å². The van der Waals surface area contributed by atoms with Crippen LogP contribution in [0, 0.1) is 11.8 Å². The maximum absolute atomic E-state index is 3.85. The van der Waals surface area contributed by atoms with Gasteiger partial charge in [0.15, 0.2) is 0 Å². The maximum atomic E-state index is 3.85. The monoisotopic (exact) mass is 373 g/mol. The second-order valence-corrected chi connectivity index (χ2v) is 8.65. The minimum absolute atomic E-state index is 0.796. The molecule has 146 valence electrons. The van der Waals surface area contributed by atoms with E-state index in [0.29, 0.717) is 0 Å². The SMILES string of the molecule is c1ccc(-c2ccccc2NC(NCC2CN3CCC2CC3)=C2CCC2)cc1. The van der Waals surface area contributed by atoms with Gasteiger partial charge < -0.3 is 15.5 Å². The lowest BCUT2D eigenvalue weighted by Gasteiger charge is -2.45. The van der Waals surface area contributed by atoms with Crippen molar-refractivity contribution in [3.63, 3.8) is 0 Å². The molecular formula is C25H31N3. The van der Waals surface area contributed by atoms with Crippen LogP contribution in [0.1, 0.15) is 32.1 Å². The number of nitrogens with one attached hydrogen (secondary N) is 2. The minimum atomic E-state index is 0.796. The molecule has 1 aliphatic carbocycles. The summed E-state index contributed by atoms with van der Waals surface area (Å²) < 4.78 is 0. The first-order valence-electron chi connectivity index (χ1n) is 11.0. The molecule has 28 heavy (non-hydrogen) atoms. The summed E-state index contributed by atoms with van der Waals surface area (Å²) in [6.45, 7) is 5.01. The second kappa shape index (κ2) is 8.00. The normalized spacial score (nSPS) is 25.9. The molecule has 0 aromatic heterocycles. The highest BCUT2D eigenvalue weighted by atomic mass is 15.2. The van der Waals surface area contributed by atoms with E-state index in [0.717, 1.165) is 18.4 Å². The number of piperidine rings is 3. The zero-order chi connectivity index (χ0) is 18.8. The summed E-state index contributed by atoms with van der Waals surface area (Å²) in [4.78, 5) is 2.65. The van der Waals surface area contributed by atoms with Gasteiger partial charge in [-0.3, -0.25) is 0 Å². The van der Waals surface area contributed by atoms with Crippen molar-refractivity contribution in [2.45, 2.75) is 32.1 Å². The van der Waals surface area contributed by atoms with Gasteiger partial charge in [0.2, 0.25) is 0 Å². The van der Waals surface area contributed by atoms with Crippen LogP contribution in [0.4, 0.5) is 5.69 Å². The molecule has 2 aromatic carbocycles. The maximum Gasteiger partial charge on any atom is 0.102 e. The average Bonchev–Trinajstić information content (AvgIpc) is 2.73. The van der Waals surface area contributed by atoms with E-state index in [2.05, 4.69) is 70.1 Å². The Morgan fingerprint density at radius 1 is 0.929 bits per heavy atom. The number of hydrogen-bond donors (Lipinski definition) is 2. The highest BCUT2D eigenvalue weighted by molar-refractivity contribution is 5.78. The van der Waals surface area contributed by atoms with E-state index >= 15 is 0 Å². The fourth-order valence-corrected chi connectivity index (χ4v) is 5.01. The number of fused-ring (bicyclic) bond motifs is 3. The predicted molar refractivity (Wildman–Crippen MR) is 117 cm³/mol. The molecule has 1 unspecified atom stereocenters. The van der Waals surface area contributed by atoms with E-state index in [9.17, 15) is 0 Å². The summed E-state index contributed by atoms with van der Waals surface area (Å²) in [5.41, 5.74) is 5.29. The molecule has 2 aromatic rings. The lowest BCUT2D eigenvalue weighted by molar-refractivity contribution is 0.0522. The topological polar surface area (TPSA) is 27.3 Å². The standard InChI is InChI=1S/C25H31N3/c1-2-7-20(8-3-1)23-11-4-5-12-24(23)27-25(21-9-6-10-21)26-17-22-18-28-15-13-19(22)14-16-28/h1-5,7-8,11-12,19,22,26-27H,6,9-10,13-18H2. The van der Waals surface area contributed by atoms with Gasteiger partial charge in [-0.15, -0.1) is 0 Å². The van der Waals surface area contributed by atoms with E-state index in [1.807, 2.05) is 0 Å². The van der Waals surface area contributed by atoms with Crippen molar-refractivity contribution in [3.8, 4) is 11.1 Å². The fourth-order valence-electron chi connectivity index (χ4n) is 5.01. The van der Waals surface area contributed by atoms with E-state index in [4.69, 9.17) is 0 Å². The Hall–Kier alpha value is -2.26. The van der Waals surface area contributed by atoms with Crippen LogP contribution in [0.5, 0.6) is 0 Å². The van der Waals surface area contributed by atoms with Gasteiger partial charge in [0.1, 0.15) is 5.82 Å². The lowest BCUT2D eigenvalue weighted by Crippen LogP contribution is -2.50. The van der Waals surface area contributed by atoms with Crippen molar-refractivity contribution >= 4 is 5.69 Å². The first-order valence-corrected chi connectivity index (χ1v) is 11.0. The van der Waals surface area contributed by atoms with Gasteiger partial charge in [0.05, 0.1) is 0 Å². The van der Waals surface area contributed by atoms with E-state index < -0.39 is 0 Å². The number of nitrogens with zero attached hydrogens (tertiary/aromatic N) is 1. The van der Waals surface area contributed by atoms with Crippen molar-refractivity contribution < 1.29 is 0 Å². The smallest absolute Gasteiger partial charge is 0.102 e. The van der Waals surface area contributed by atoms with Crippen LogP contribution in [-0.4, -0.2) is 31.1 Å². The zero-order valence-electron chi connectivity index (χ0n) is 16.7. The largest absolute Gasteiger partial charge is 0.371 e. The van der Waals surface area contributed by atoms with Gasteiger partial charge in [-0.1, -0.05) is 48.5 Å². The third kappa shape index (κ3) is 3.68. The zero-order valence-corrected chi connectivity index (χ0v) is 16.7. The van der Waals surface area contributed by atoms with Crippen LogP contribution in [0.15, 0.2) is 66.0 Å². The molecule has 3 aliphatic heterocycles. The molecule has 1 atom stereocenters. The summed E-state index contributed by atoms with van der Waals surface area (Å²) in [5.74, 6) is 2.98. The van der Waals surface area contributed by atoms with Crippen LogP contribution in [0.25, 0.3) is 11.1 Å². The van der Waals surface area contributed by atoms with Crippen molar-refractivity contribution in [2.75, 3.05) is 31.5 Å².